The summed E-state index contributed by atoms with van der Waals surface area (Å²) in [7, 11) is 3.16. The van der Waals surface area contributed by atoms with E-state index in [1.54, 1.807) is 44.0 Å². The summed E-state index contributed by atoms with van der Waals surface area (Å²) in [6.45, 7) is 8.79. The van der Waals surface area contributed by atoms with Crippen LogP contribution in [0, 0.1) is 6.92 Å². The third-order valence-corrected chi connectivity index (χ3v) is 6.06. The number of hydrogen-bond donors (Lipinski definition) is 1. The zero-order valence-corrected chi connectivity index (χ0v) is 22.6. The summed E-state index contributed by atoms with van der Waals surface area (Å²) >= 11 is 2.33. The molecule has 0 fully saturated rings. The van der Waals surface area contributed by atoms with E-state index >= 15 is 0 Å². The summed E-state index contributed by atoms with van der Waals surface area (Å²) in [6.07, 6.45) is 0.956. The zero-order chi connectivity index (χ0) is 24.9. The van der Waals surface area contributed by atoms with Crippen molar-refractivity contribution in [1.82, 2.24) is 15.0 Å². The number of benzene rings is 2. The molecule has 1 amide bonds. The molecule has 0 aliphatic rings. The number of carbonyl (C=O) groups is 1. The molecule has 0 saturated carbocycles. The van der Waals surface area contributed by atoms with Crippen LogP contribution in [0.15, 0.2) is 36.4 Å². The van der Waals surface area contributed by atoms with Crippen molar-refractivity contribution in [3.63, 3.8) is 0 Å². The molecule has 0 unspecified atom stereocenters. The SMILES string of the molecule is COc1ccc(OC)c(-n2nnc(C(=O)Nc3cc(OCCCI)cc(C(C)(C)C)c3)c2C)c1. The van der Waals surface area contributed by atoms with E-state index < -0.39 is 0 Å². The van der Waals surface area contributed by atoms with E-state index in [2.05, 4.69) is 59.0 Å². The Balaban J connectivity index is 1.91. The van der Waals surface area contributed by atoms with E-state index in [-0.39, 0.29) is 17.0 Å². The van der Waals surface area contributed by atoms with E-state index in [4.69, 9.17) is 14.2 Å². The van der Waals surface area contributed by atoms with Crippen LogP contribution < -0.4 is 19.5 Å². The second kappa shape index (κ2) is 11.1. The van der Waals surface area contributed by atoms with Gasteiger partial charge in [0.15, 0.2) is 5.69 Å². The predicted octanol–water partition coefficient (Wildman–Crippen LogP) is 5.35. The van der Waals surface area contributed by atoms with Crippen LogP contribution in [-0.4, -0.2) is 46.2 Å². The summed E-state index contributed by atoms with van der Waals surface area (Å²) < 4.78 is 19.3. The Morgan fingerprint density at radius 3 is 2.50 bits per heavy atom. The van der Waals surface area contributed by atoms with Crippen LogP contribution in [0.2, 0.25) is 0 Å². The van der Waals surface area contributed by atoms with Crippen molar-refractivity contribution in [2.24, 2.45) is 0 Å². The minimum atomic E-state index is -0.352. The lowest BCUT2D eigenvalue weighted by molar-refractivity contribution is 0.102. The Labute approximate surface area is 214 Å². The fourth-order valence-electron chi connectivity index (χ4n) is 3.35. The third kappa shape index (κ3) is 5.99. The van der Waals surface area contributed by atoms with Crippen molar-refractivity contribution in [3.8, 4) is 22.9 Å². The Morgan fingerprint density at radius 1 is 1.09 bits per heavy atom. The number of ether oxygens (including phenoxy) is 3. The van der Waals surface area contributed by atoms with Gasteiger partial charge in [-0.05, 0) is 48.6 Å². The molecule has 0 saturated heterocycles. The minimum Gasteiger partial charge on any atom is -0.497 e. The summed E-state index contributed by atoms with van der Waals surface area (Å²) in [5.74, 6) is 1.61. The van der Waals surface area contributed by atoms with Crippen LogP contribution >= 0.6 is 22.6 Å². The Morgan fingerprint density at radius 2 is 1.85 bits per heavy atom. The highest BCUT2D eigenvalue weighted by atomic mass is 127. The van der Waals surface area contributed by atoms with Crippen molar-refractivity contribution in [2.75, 3.05) is 30.6 Å². The molecule has 8 nitrogen and oxygen atoms in total. The van der Waals surface area contributed by atoms with Gasteiger partial charge in [0.25, 0.3) is 5.91 Å². The molecule has 0 radical (unpaired) electrons. The third-order valence-electron chi connectivity index (χ3n) is 5.30. The molecule has 0 bridgehead atoms. The monoisotopic (exact) mass is 578 g/mol. The molecular weight excluding hydrogens is 547 g/mol. The highest BCUT2D eigenvalue weighted by molar-refractivity contribution is 14.1. The number of anilines is 1. The first kappa shape index (κ1) is 25.8. The Bertz CT molecular complexity index is 1150. The van der Waals surface area contributed by atoms with Gasteiger partial charge in [-0.15, -0.1) is 5.10 Å². The summed E-state index contributed by atoms with van der Waals surface area (Å²) in [5.41, 5.74) is 3.04. The van der Waals surface area contributed by atoms with Crippen LogP contribution in [-0.2, 0) is 5.41 Å². The maximum Gasteiger partial charge on any atom is 0.278 e. The number of halogens is 1. The second-order valence-corrected chi connectivity index (χ2v) is 9.89. The van der Waals surface area contributed by atoms with Crippen molar-refractivity contribution in [3.05, 3.63) is 53.3 Å². The van der Waals surface area contributed by atoms with Gasteiger partial charge in [0.1, 0.15) is 22.9 Å². The molecule has 1 aromatic heterocycles. The van der Waals surface area contributed by atoms with Crippen molar-refractivity contribution in [2.45, 2.75) is 39.5 Å². The van der Waals surface area contributed by atoms with E-state index in [0.29, 0.717) is 35.2 Å². The fourth-order valence-corrected chi connectivity index (χ4v) is 3.66. The van der Waals surface area contributed by atoms with Crippen molar-refractivity contribution >= 4 is 34.2 Å². The normalized spacial score (nSPS) is 11.3. The smallest absolute Gasteiger partial charge is 0.278 e. The van der Waals surface area contributed by atoms with Gasteiger partial charge in [-0.25, -0.2) is 4.68 Å². The first-order valence-corrected chi connectivity index (χ1v) is 12.5. The number of carbonyl (C=O) groups excluding carboxylic acids is 1. The standard InChI is InChI=1S/C25H31IN4O4/c1-16-23(28-29-30(16)21-15-19(32-5)8-9-22(21)33-6)24(31)27-18-12-17(25(2,3)4)13-20(14-18)34-11-7-10-26/h8-9,12-15H,7,10-11H2,1-6H3,(H,27,31). The van der Waals surface area contributed by atoms with Crippen LogP contribution in [0.25, 0.3) is 5.69 Å². The van der Waals surface area contributed by atoms with Crippen molar-refractivity contribution < 1.29 is 19.0 Å². The number of nitrogens with zero attached hydrogens (tertiary/aromatic N) is 3. The predicted molar refractivity (Wildman–Crippen MR) is 141 cm³/mol. The molecule has 34 heavy (non-hydrogen) atoms. The molecule has 0 aliphatic carbocycles. The highest BCUT2D eigenvalue weighted by Crippen LogP contribution is 2.31. The van der Waals surface area contributed by atoms with Crippen LogP contribution in [0.4, 0.5) is 5.69 Å². The summed E-state index contributed by atoms with van der Waals surface area (Å²) in [6, 6.07) is 11.2. The van der Waals surface area contributed by atoms with Crippen LogP contribution in [0.3, 0.4) is 0 Å². The number of methoxy groups -OCH3 is 2. The molecule has 0 aliphatic heterocycles. The second-order valence-electron chi connectivity index (χ2n) is 8.81. The lowest BCUT2D eigenvalue weighted by Crippen LogP contribution is -2.16. The Hall–Kier alpha value is -2.82. The lowest BCUT2D eigenvalue weighted by Gasteiger charge is -2.21. The minimum absolute atomic E-state index is 0.107. The number of aromatic nitrogens is 3. The van der Waals surface area contributed by atoms with E-state index in [1.807, 2.05) is 18.2 Å². The number of hydrogen-bond acceptors (Lipinski definition) is 6. The van der Waals surface area contributed by atoms with Gasteiger partial charge in [-0.2, -0.15) is 0 Å². The Kier molecular flexibility index (Phi) is 8.40. The molecule has 0 spiro atoms. The lowest BCUT2D eigenvalue weighted by atomic mass is 9.86. The van der Waals surface area contributed by atoms with Crippen LogP contribution in [0.1, 0.15) is 48.9 Å². The molecule has 1 heterocycles. The quantitative estimate of drug-likeness (QED) is 0.210. The average molecular weight is 578 g/mol. The van der Waals surface area contributed by atoms with E-state index in [1.165, 1.54) is 0 Å². The number of amides is 1. The molecule has 3 rings (SSSR count). The first-order valence-electron chi connectivity index (χ1n) is 11.0. The molecular formula is C25H31IN4O4. The van der Waals surface area contributed by atoms with E-state index in [9.17, 15) is 4.79 Å². The molecule has 1 N–H and O–H groups in total. The zero-order valence-electron chi connectivity index (χ0n) is 20.4. The van der Waals surface area contributed by atoms with Gasteiger partial charge < -0.3 is 19.5 Å². The molecule has 9 heteroatoms. The van der Waals surface area contributed by atoms with Crippen molar-refractivity contribution in [1.29, 1.82) is 0 Å². The van der Waals surface area contributed by atoms with Crippen LogP contribution in [0.5, 0.6) is 17.2 Å². The van der Waals surface area contributed by atoms with Gasteiger partial charge in [0.05, 0.1) is 26.5 Å². The first-order chi connectivity index (χ1) is 16.2. The van der Waals surface area contributed by atoms with Gasteiger partial charge in [0.2, 0.25) is 0 Å². The molecule has 182 valence electrons. The van der Waals surface area contributed by atoms with Gasteiger partial charge in [-0.1, -0.05) is 48.6 Å². The van der Waals surface area contributed by atoms with Gasteiger partial charge in [-0.3, -0.25) is 4.79 Å². The number of nitrogens with one attached hydrogen (secondary N) is 1. The maximum atomic E-state index is 13.2. The topological polar surface area (TPSA) is 87.5 Å². The van der Waals surface area contributed by atoms with E-state index in [0.717, 1.165) is 22.2 Å². The number of alkyl halides is 1. The summed E-state index contributed by atoms with van der Waals surface area (Å²) in [5, 5.41) is 11.3. The fraction of sp³-hybridized carbons (Fsp3) is 0.400. The average Bonchev–Trinajstić information content (AvgIpc) is 3.19. The highest BCUT2D eigenvalue weighted by Gasteiger charge is 2.21. The largest absolute Gasteiger partial charge is 0.497 e. The maximum absolute atomic E-state index is 13.2. The summed E-state index contributed by atoms with van der Waals surface area (Å²) in [4.78, 5) is 13.2. The molecule has 2 aromatic carbocycles. The van der Waals surface area contributed by atoms with Gasteiger partial charge >= 0.3 is 0 Å². The van der Waals surface area contributed by atoms with Gasteiger partial charge in [0, 0.05) is 22.2 Å². The molecule has 3 aromatic rings. The molecule has 0 atom stereocenters. The number of rotatable bonds is 9.